The highest BCUT2D eigenvalue weighted by atomic mass is 32.2. The van der Waals surface area contributed by atoms with Crippen LogP contribution in [0.4, 0.5) is 0 Å². The van der Waals surface area contributed by atoms with Crippen LogP contribution in [0.5, 0.6) is 17.2 Å². The van der Waals surface area contributed by atoms with Gasteiger partial charge in [0.15, 0.2) is 0 Å². The first kappa shape index (κ1) is 37.0. The van der Waals surface area contributed by atoms with Crippen LogP contribution in [0.25, 0.3) is 10.8 Å². The van der Waals surface area contributed by atoms with Gasteiger partial charge in [0, 0.05) is 36.4 Å². The van der Waals surface area contributed by atoms with Crippen LogP contribution in [0.15, 0.2) is 90.1 Å². The summed E-state index contributed by atoms with van der Waals surface area (Å²) in [6, 6.07) is 20.9. The number of rotatable bonds is 17. The van der Waals surface area contributed by atoms with E-state index < -0.39 is 5.79 Å². The molecule has 7 rings (SSSR count). The molecule has 3 aromatic rings. The van der Waals surface area contributed by atoms with E-state index in [0.29, 0.717) is 24.9 Å². The number of oxime groups is 1. The Hall–Kier alpha value is -3.30. The summed E-state index contributed by atoms with van der Waals surface area (Å²) >= 11 is 2.03. The Morgan fingerprint density at radius 2 is 1.69 bits per heavy atom. The Labute approximate surface area is 313 Å². The Bertz CT molecular complexity index is 1730. The molecular formula is C44H55NO6S. The first-order chi connectivity index (χ1) is 25.6. The predicted octanol–water partition coefficient (Wildman–Crippen LogP) is 9.96. The van der Waals surface area contributed by atoms with Crippen molar-refractivity contribution < 1.29 is 29.3 Å². The summed E-state index contributed by atoms with van der Waals surface area (Å²) in [6.45, 7) is 7.29. The number of thioether (sulfide) groups is 1. The lowest BCUT2D eigenvalue weighted by Gasteiger charge is -2.58. The van der Waals surface area contributed by atoms with Gasteiger partial charge in [0.05, 0.1) is 23.5 Å². The van der Waals surface area contributed by atoms with Gasteiger partial charge in [0.25, 0.3) is 0 Å². The molecule has 4 aliphatic rings. The highest BCUT2D eigenvalue weighted by molar-refractivity contribution is 8.00. The normalized spacial score (nSPS) is 27.5. The van der Waals surface area contributed by atoms with Crippen molar-refractivity contribution in [2.24, 2.45) is 22.9 Å². The number of aliphatic hydroxyl groups is 2. The fraction of sp³-hybridized carbons (Fsp3) is 0.523. The molecular weight excluding hydrogens is 671 g/mol. The van der Waals surface area contributed by atoms with E-state index in [9.17, 15) is 10.2 Å². The SMILES string of the molecule is C=CCO[C@@]12Oc3ccc(Oc4ccc5ccccc5c4)cc3[C@H]3[C@H](CCCCO)[C@@H](CCCCO)C=C(C(=NOCC)C[C@@H]1SC1CCCC1)[C@H]32. The minimum atomic E-state index is -0.928. The van der Waals surface area contributed by atoms with Gasteiger partial charge in [-0.15, -0.1) is 18.3 Å². The van der Waals surface area contributed by atoms with Gasteiger partial charge in [0.2, 0.25) is 5.79 Å². The number of ether oxygens (including phenoxy) is 3. The maximum absolute atomic E-state index is 9.89. The van der Waals surface area contributed by atoms with Crippen molar-refractivity contribution in [2.45, 2.75) is 99.8 Å². The number of allylic oxidation sites excluding steroid dienone is 1. The van der Waals surface area contributed by atoms with Gasteiger partial charge < -0.3 is 29.3 Å². The van der Waals surface area contributed by atoms with Crippen molar-refractivity contribution in [1.29, 1.82) is 0 Å². The van der Waals surface area contributed by atoms with Crippen LogP contribution >= 0.6 is 11.8 Å². The Morgan fingerprint density at radius 3 is 2.46 bits per heavy atom. The van der Waals surface area contributed by atoms with Crippen LogP contribution in [0.2, 0.25) is 0 Å². The van der Waals surface area contributed by atoms with Crippen molar-refractivity contribution in [2.75, 3.05) is 26.4 Å². The second-order valence-electron chi connectivity index (χ2n) is 14.8. The molecule has 0 amide bonds. The van der Waals surface area contributed by atoms with E-state index >= 15 is 0 Å². The highest BCUT2D eigenvalue weighted by Crippen LogP contribution is 2.63. The number of hydrogen-bond donors (Lipinski definition) is 2. The fourth-order valence-corrected chi connectivity index (χ4v) is 11.1. The molecule has 0 spiro atoms. The predicted molar refractivity (Wildman–Crippen MR) is 210 cm³/mol. The van der Waals surface area contributed by atoms with E-state index in [-0.39, 0.29) is 42.1 Å². The van der Waals surface area contributed by atoms with Gasteiger partial charge in [-0.25, -0.2) is 0 Å². The molecule has 278 valence electrons. The lowest BCUT2D eigenvalue weighted by Crippen LogP contribution is -2.64. The maximum atomic E-state index is 9.89. The molecule has 0 radical (unpaired) electrons. The number of hydrogen-bond acceptors (Lipinski definition) is 8. The highest BCUT2D eigenvalue weighted by Gasteiger charge is 2.64. The summed E-state index contributed by atoms with van der Waals surface area (Å²) in [5, 5.41) is 27.4. The van der Waals surface area contributed by atoms with Crippen molar-refractivity contribution >= 4 is 28.2 Å². The minimum absolute atomic E-state index is 0.00473. The molecule has 52 heavy (non-hydrogen) atoms. The van der Waals surface area contributed by atoms with E-state index in [4.69, 9.17) is 24.2 Å². The first-order valence-electron chi connectivity index (χ1n) is 19.6. The molecule has 3 aromatic carbocycles. The summed E-state index contributed by atoms with van der Waals surface area (Å²) < 4.78 is 21.0. The third kappa shape index (κ3) is 7.68. The van der Waals surface area contributed by atoms with Crippen LogP contribution in [-0.2, 0) is 9.57 Å². The molecule has 0 bridgehead atoms. The summed E-state index contributed by atoms with van der Waals surface area (Å²) in [5.74, 6) is 1.91. The quantitative estimate of drug-likeness (QED) is 0.0814. The van der Waals surface area contributed by atoms with Crippen molar-refractivity contribution in [3.63, 3.8) is 0 Å². The molecule has 8 heteroatoms. The van der Waals surface area contributed by atoms with Gasteiger partial charge in [0.1, 0.15) is 23.9 Å². The van der Waals surface area contributed by atoms with E-state index in [2.05, 4.69) is 61.2 Å². The van der Waals surface area contributed by atoms with Crippen molar-refractivity contribution in [3.8, 4) is 17.2 Å². The van der Waals surface area contributed by atoms with Crippen molar-refractivity contribution in [3.05, 3.63) is 90.5 Å². The molecule has 1 heterocycles. The van der Waals surface area contributed by atoms with Crippen LogP contribution in [0, 0.1) is 17.8 Å². The number of benzene rings is 3. The van der Waals surface area contributed by atoms with Gasteiger partial charge in [-0.2, -0.15) is 0 Å². The third-order valence-corrected chi connectivity index (χ3v) is 13.2. The van der Waals surface area contributed by atoms with Crippen LogP contribution in [-0.4, -0.2) is 58.6 Å². The monoisotopic (exact) mass is 725 g/mol. The molecule has 1 aliphatic heterocycles. The number of unbranched alkanes of at least 4 members (excludes halogenated alkanes) is 2. The first-order valence-corrected chi connectivity index (χ1v) is 20.5. The second-order valence-corrected chi connectivity index (χ2v) is 16.3. The molecule has 2 saturated carbocycles. The largest absolute Gasteiger partial charge is 0.460 e. The summed E-state index contributed by atoms with van der Waals surface area (Å²) in [4.78, 5) is 5.86. The average molecular weight is 726 g/mol. The fourth-order valence-electron chi connectivity index (χ4n) is 9.27. The maximum Gasteiger partial charge on any atom is 0.230 e. The number of aliphatic hydroxyl groups excluding tert-OH is 2. The number of fused-ring (bicyclic) bond motifs is 3. The molecule has 2 fully saturated rings. The molecule has 0 unspecified atom stereocenters. The third-order valence-electron chi connectivity index (χ3n) is 11.5. The zero-order valence-electron chi connectivity index (χ0n) is 30.6. The van der Waals surface area contributed by atoms with Gasteiger partial charge in [-0.1, -0.05) is 73.3 Å². The second kappa shape index (κ2) is 17.2. The van der Waals surface area contributed by atoms with E-state index in [1.165, 1.54) is 36.6 Å². The van der Waals surface area contributed by atoms with Crippen molar-refractivity contribution in [1.82, 2.24) is 0 Å². The van der Waals surface area contributed by atoms with Gasteiger partial charge in [-0.3, -0.25) is 0 Å². The topological polar surface area (TPSA) is 89.7 Å². The standard InChI is InChI=1S/C44H55NO6S/c1-3-25-48-44-41(52-35-16-7-8-17-35)29-39(45-49-4-2)37-27-32(15-9-11-23-46)36(18-10-12-24-47)42(43(37)44)38-28-34(21-22-40(38)51-44)50-33-20-19-30-13-5-6-14-31(30)26-33/h3,5-6,13-14,19-22,26-28,32,35-36,41-43,46-47H,1,4,7-12,15-18,23-25,29H2,2H3/t32-,36+,41-,42+,43+,44+/m0/s1. The number of nitrogens with zero attached hydrogens (tertiary/aromatic N) is 1. The van der Waals surface area contributed by atoms with Crippen LogP contribution < -0.4 is 9.47 Å². The Morgan fingerprint density at radius 1 is 0.942 bits per heavy atom. The molecule has 0 aromatic heterocycles. The Balaban J connectivity index is 1.38. The van der Waals surface area contributed by atoms with E-state index in [1.54, 1.807) is 0 Å². The lowest BCUT2D eigenvalue weighted by molar-refractivity contribution is -0.223. The van der Waals surface area contributed by atoms with E-state index in [1.807, 2.05) is 36.9 Å². The molecule has 6 atom stereocenters. The smallest absolute Gasteiger partial charge is 0.230 e. The van der Waals surface area contributed by atoms with Gasteiger partial charge >= 0.3 is 0 Å². The molecule has 7 nitrogen and oxygen atoms in total. The average Bonchev–Trinajstić information content (AvgIpc) is 3.68. The lowest BCUT2D eigenvalue weighted by atomic mass is 9.56. The Kier molecular flexibility index (Phi) is 12.3. The molecule has 2 N–H and O–H groups in total. The molecule has 0 saturated heterocycles. The zero-order valence-corrected chi connectivity index (χ0v) is 31.4. The summed E-state index contributed by atoms with van der Waals surface area (Å²) in [5.41, 5.74) is 3.31. The zero-order chi connectivity index (χ0) is 35.9. The van der Waals surface area contributed by atoms with E-state index in [0.717, 1.165) is 72.4 Å². The minimum Gasteiger partial charge on any atom is -0.460 e. The van der Waals surface area contributed by atoms with Gasteiger partial charge in [-0.05, 0) is 104 Å². The summed E-state index contributed by atoms with van der Waals surface area (Å²) in [7, 11) is 0. The molecule has 3 aliphatic carbocycles. The van der Waals surface area contributed by atoms with Crippen LogP contribution in [0.3, 0.4) is 0 Å². The summed E-state index contributed by atoms with van der Waals surface area (Å²) in [6.07, 6.45) is 15.2. The van der Waals surface area contributed by atoms with Crippen LogP contribution in [0.1, 0.15) is 89.0 Å².